The topological polar surface area (TPSA) is 50.3 Å². The molecule has 1 aromatic rings. The van der Waals surface area contributed by atoms with Gasteiger partial charge in [-0.3, -0.25) is 14.5 Å². The van der Waals surface area contributed by atoms with Crippen LogP contribution in [-0.4, -0.2) is 28.3 Å². The van der Waals surface area contributed by atoms with Crippen molar-refractivity contribution < 1.29 is 9.59 Å². The molecular weight excluding hydrogens is 256 g/mol. The quantitative estimate of drug-likeness (QED) is 0.844. The maximum atomic E-state index is 11.8. The predicted molar refractivity (Wildman–Crippen MR) is 70.5 cm³/mol. The molecule has 0 saturated carbocycles. The highest BCUT2D eigenvalue weighted by molar-refractivity contribution is 8.13. The first kappa shape index (κ1) is 12.6. The van der Waals surface area contributed by atoms with Gasteiger partial charge in [-0.1, -0.05) is 11.8 Å². The molecule has 0 bridgehead atoms. The summed E-state index contributed by atoms with van der Waals surface area (Å²) in [6.45, 7) is 4.22. The number of thioether (sulfide) groups is 1. The van der Waals surface area contributed by atoms with Crippen molar-refractivity contribution >= 4 is 39.3 Å². The lowest BCUT2D eigenvalue weighted by Crippen LogP contribution is -2.24. The minimum absolute atomic E-state index is 0.112. The van der Waals surface area contributed by atoms with Gasteiger partial charge in [-0.05, 0) is 12.8 Å². The molecule has 1 fully saturated rings. The Labute approximate surface area is 108 Å². The van der Waals surface area contributed by atoms with Crippen molar-refractivity contribution in [2.24, 2.45) is 5.92 Å². The SMILES string of the molecule is CC(=O)SCC1CC(=O)N(c2ncc(C)s2)C1. The molecule has 1 aliphatic heterocycles. The second kappa shape index (κ2) is 5.18. The van der Waals surface area contributed by atoms with Crippen LogP contribution in [-0.2, 0) is 9.59 Å². The molecule has 1 aliphatic rings. The van der Waals surface area contributed by atoms with E-state index in [2.05, 4.69) is 4.98 Å². The van der Waals surface area contributed by atoms with Crippen LogP contribution >= 0.6 is 23.1 Å². The highest BCUT2D eigenvalue weighted by Crippen LogP contribution is 2.30. The van der Waals surface area contributed by atoms with Gasteiger partial charge in [-0.15, -0.1) is 11.3 Å². The number of anilines is 1. The fraction of sp³-hybridized carbons (Fsp3) is 0.545. The molecule has 0 spiro atoms. The normalized spacial score (nSPS) is 20.0. The van der Waals surface area contributed by atoms with Gasteiger partial charge in [0.25, 0.3) is 0 Å². The molecule has 17 heavy (non-hydrogen) atoms. The number of hydrogen-bond acceptors (Lipinski definition) is 5. The summed E-state index contributed by atoms with van der Waals surface area (Å²) in [6, 6.07) is 0. The molecule has 1 atom stereocenters. The first-order valence-electron chi connectivity index (χ1n) is 5.42. The molecule has 4 nitrogen and oxygen atoms in total. The van der Waals surface area contributed by atoms with Gasteiger partial charge >= 0.3 is 0 Å². The zero-order valence-corrected chi connectivity index (χ0v) is 11.4. The van der Waals surface area contributed by atoms with Crippen LogP contribution in [0.1, 0.15) is 18.2 Å². The van der Waals surface area contributed by atoms with Crippen LogP contribution in [0.25, 0.3) is 0 Å². The van der Waals surface area contributed by atoms with E-state index >= 15 is 0 Å². The number of aryl methyl sites for hydroxylation is 1. The van der Waals surface area contributed by atoms with Crippen LogP contribution < -0.4 is 4.90 Å². The maximum absolute atomic E-state index is 11.8. The summed E-state index contributed by atoms with van der Waals surface area (Å²) in [5, 5.41) is 0.892. The average Bonchev–Trinajstić information content (AvgIpc) is 2.82. The molecule has 1 saturated heterocycles. The summed E-state index contributed by atoms with van der Waals surface area (Å²) >= 11 is 2.83. The molecule has 0 aromatic carbocycles. The molecule has 0 N–H and O–H groups in total. The van der Waals surface area contributed by atoms with Crippen molar-refractivity contribution in [2.45, 2.75) is 20.3 Å². The van der Waals surface area contributed by atoms with E-state index < -0.39 is 0 Å². The molecule has 2 rings (SSSR count). The summed E-state index contributed by atoms with van der Waals surface area (Å²) in [4.78, 5) is 29.8. The van der Waals surface area contributed by atoms with E-state index in [-0.39, 0.29) is 16.9 Å². The van der Waals surface area contributed by atoms with E-state index in [0.29, 0.717) is 13.0 Å². The smallest absolute Gasteiger partial charge is 0.229 e. The monoisotopic (exact) mass is 270 g/mol. The Balaban J connectivity index is 1.98. The van der Waals surface area contributed by atoms with Crippen LogP contribution in [0.2, 0.25) is 0 Å². The molecule has 0 aliphatic carbocycles. The van der Waals surface area contributed by atoms with E-state index in [4.69, 9.17) is 0 Å². The fourth-order valence-electron chi connectivity index (χ4n) is 1.78. The Hall–Kier alpha value is -0.880. The Morgan fingerprint density at radius 2 is 2.47 bits per heavy atom. The molecule has 92 valence electrons. The van der Waals surface area contributed by atoms with E-state index in [1.807, 2.05) is 6.92 Å². The van der Waals surface area contributed by atoms with Crippen LogP contribution in [0, 0.1) is 12.8 Å². The number of carbonyl (C=O) groups is 2. The molecule has 0 radical (unpaired) electrons. The molecular formula is C11H14N2O2S2. The van der Waals surface area contributed by atoms with E-state index in [9.17, 15) is 9.59 Å². The maximum Gasteiger partial charge on any atom is 0.229 e. The molecule has 1 unspecified atom stereocenters. The number of hydrogen-bond donors (Lipinski definition) is 0. The summed E-state index contributed by atoms with van der Waals surface area (Å²) in [5.74, 6) is 1.11. The first-order chi connectivity index (χ1) is 8.06. The Morgan fingerprint density at radius 3 is 3.06 bits per heavy atom. The lowest BCUT2D eigenvalue weighted by molar-refractivity contribution is -0.117. The Bertz CT molecular complexity index is 444. The third-order valence-corrected chi connectivity index (χ3v) is 4.55. The summed E-state index contributed by atoms with van der Waals surface area (Å²) in [5.41, 5.74) is 0. The summed E-state index contributed by atoms with van der Waals surface area (Å²) in [7, 11) is 0. The third kappa shape index (κ3) is 3.07. The van der Waals surface area contributed by atoms with E-state index in [1.165, 1.54) is 23.1 Å². The van der Waals surface area contributed by atoms with Gasteiger partial charge in [0.15, 0.2) is 10.2 Å². The van der Waals surface area contributed by atoms with Crippen molar-refractivity contribution in [3.63, 3.8) is 0 Å². The van der Waals surface area contributed by atoms with Crippen molar-refractivity contribution in [1.29, 1.82) is 0 Å². The number of rotatable bonds is 3. The predicted octanol–water partition coefficient (Wildman–Crippen LogP) is 2.08. The largest absolute Gasteiger partial charge is 0.288 e. The first-order valence-corrected chi connectivity index (χ1v) is 7.22. The minimum Gasteiger partial charge on any atom is -0.288 e. The summed E-state index contributed by atoms with van der Waals surface area (Å²) < 4.78 is 0. The minimum atomic E-state index is 0.112. The second-order valence-electron chi connectivity index (χ2n) is 4.13. The zero-order valence-electron chi connectivity index (χ0n) is 9.80. The average molecular weight is 270 g/mol. The molecule has 2 heterocycles. The van der Waals surface area contributed by atoms with Gasteiger partial charge in [0, 0.05) is 36.7 Å². The van der Waals surface area contributed by atoms with Crippen molar-refractivity contribution in [2.75, 3.05) is 17.2 Å². The van der Waals surface area contributed by atoms with Crippen molar-refractivity contribution in [3.8, 4) is 0 Å². The lowest BCUT2D eigenvalue weighted by Gasteiger charge is -2.12. The highest BCUT2D eigenvalue weighted by atomic mass is 32.2. The zero-order chi connectivity index (χ0) is 12.4. The van der Waals surface area contributed by atoms with Crippen molar-refractivity contribution in [1.82, 2.24) is 4.98 Å². The van der Waals surface area contributed by atoms with Crippen molar-refractivity contribution in [3.05, 3.63) is 11.1 Å². The third-order valence-electron chi connectivity index (χ3n) is 2.57. The standard InChI is InChI=1S/C11H14N2O2S2/c1-7-4-12-11(17-7)13-5-9(3-10(13)15)6-16-8(2)14/h4,9H,3,5-6H2,1-2H3. The number of aromatic nitrogens is 1. The van der Waals surface area contributed by atoms with Crippen LogP contribution in [0.5, 0.6) is 0 Å². The van der Waals surface area contributed by atoms with Gasteiger partial charge in [0.1, 0.15) is 0 Å². The Kier molecular flexibility index (Phi) is 3.83. The van der Waals surface area contributed by atoms with Gasteiger partial charge in [0.2, 0.25) is 5.91 Å². The van der Waals surface area contributed by atoms with Gasteiger partial charge in [-0.25, -0.2) is 4.98 Å². The van der Waals surface area contributed by atoms with Gasteiger partial charge < -0.3 is 0 Å². The molecule has 1 amide bonds. The van der Waals surface area contributed by atoms with E-state index in [1.54, 1.807) is 18.0 Å². The Morgan fingerprint density at radius 1 is 1.71 bits per heavy atom. The second-order valence-corrected chi connectivity index (χ2v) is 6.54. The van der Waals surface area contributed by atoms with Crippen LogP contribution in [0.3, 0.4) is 0 Å². The molecule has 1 aromatic heterocycles. The van der Waals surface area contributed by atoms with Gasteiger partial charge in [-0.2, -0.15) is 0 Å². The van der Waals surface area contributed by atoms with Crippen LogP contribution in [0.4, 0.5) is 5.13 Å². The molecule has 6 heteroatoms. The van der Waals surface area contributed by atoms with Gasteiger partial charge in [0.05, 0.1) is 0 Å². The van der Waals surface area contributed by atoms with Crippen LogP contribution in [0.15, 0.2) is 6.20 Å². The summed E-state index contributed by atoms with van der Waals surface area (Å²) in [6.07, 6.45) is 2.31. The number of nitrogens with zero attached hydrogens (tertiary/aromatic N) is 2. The highest BCUT2D eigenvalue weighted by Gasteiger charge is 2.32. The fourth-order valence-corrected chi connectivity index (χ4v) is 3.26. The number of amides is 1. The number of carbonyl (C=O) groups excluding carboxylic acids is 2. The number of thiazole rings is 1. The lowest BCUT2D eigenvalue weighted by atomic mass is 10.1. The van der Waals surface area contributed by atoms with E-state index in [0.717, 1.165) is 15.8 Å².